The molecule has 1 aliphatic heterocycles. The van der Waals surface area contributed by atoms with Crippen LogP contribution in [0.5, 0.6) is 5.75 Å². The van der Waals surface area contributed by atoms with E-state index in [2.05, 4.69) is 22.0 Å². The van der Waals surface area contributed by atoms with Crippen molar-refractivity contribution < 1.29 is 9.53 Å². The number of Topliss-reactive ketones (excluding diaryl/α,β-unsaturated/α-hetero) is 1. The number of para-hydroxylation sites is 1. The normalized spacial score (nSPS) is 17.6. The molecule has 0 spiro atoms. The predicted molar refractivity (Wildman–Crippen MR) is 80.3 cm³/mol. The van der Waals surface area contributed by atoms with Crippen LogP contribution < -0.4 is 4.74 Å². The molecule has 19 heavy (non-hydrogen) atoms. The lowest BCUT2D eigenvalue weighted by atomic mass is 9.88. The van der Waals surface area contributed by atoms with E-state index in [1.54, 1.807) is 0 Å². The van der Waals surface area contributed by atoms with Gasteiger partial charge >= 0.3 is 0 Å². The van der Waals surface area contributed by atoms with Crippen LogP contribution in [0.15, 0.2) is 40.2 Å². The Morgan fingerprint density at radius 2 is 2.16 bits per heavy atom. The van der Waals surface area contributed by atoms with Gasteiger partial charge < -0.3 is 4.74 Å². The van der Waals surface area contributed by atoms with Gasteiger partial charge in [-0.1, -0.05) is 18.2 Å². The summed E-state index contributed by atoms with van der Waals surface area (Å²) in [6, 6.07) is 11.8. The van der Waals surface area contributed by atoms with Gasteiger partial charge in [0.25, 0.3) is 0 Å². The van der Waals surface area contributed by atoms with Gasteiger partial charge in [-0.2, -0.15) is 0 Å². The second-order valence-electron chi connectivity index (χ2n) is 4.60. The lowest BCUT2D eigenvalue weighted by Crippen LogP contribution is -2.16. The zero-order valence-electron chi connectivity index (χ0n) is 10.3. The molecule has 1 aromatic carbocycles. The van der Waals surface area contributed by atoms with Crippen LogP contribution in [0.3, 0.4) is 0 Å². The van der Waals surface area contributed by atoms with Gasteiger partial charge in [0.1, 0.15) is 5.75 Å². The maximum absolute atomic E-state index is 12.3. The van der Waals surface area contributed by atoms with Crippen molar-refractivity contribution in [3.8, 4) is 5.75 Å². The Balaban J connectivity index is 1.79. The summed E-state index contributed by atoms with van der Waals surface area (Å²) in [6.07, 6.45) is 1.47. The van der Waals surface area contributed by atoms with Crippen molar-refractivity contribution in [1.29, 1.82) is 0 Å². The van der Waals surface area contributed by atoms with Crippen molar-refractivity contribution in [3.63, 3.8) is 0 Å². The lowest BCUT2D eigenvalue weighted by Gasteiger charge is -2.25. The molecular formula is C15H13BrO2S. The zero-order valence-corrected chi connectivity index (χ0v) is 12.7. The molecule has 2 heterocycles. The number of benzene rings is 1. The number of ether oxygens (including phenoxy) is 1. The van der Waals surface area contributed by atoms with Gasteiger partial charge in [0.05, 0.1) is 15.3 Å². The highest BCUT2D eigenvalue weighted by Gasteiger charge is 2.24. The van der Waals surface area contributed by atoms with Crippen molar-refractivity contribution in [2.75, 3.05) is 6.61 Å². The summed E-state index contributed by atoms with van der Waals surface area (Å²) in [5.41, 5.74) is 1.16. The van der Waals surface area contributed by atoms with Crippen LogP contribution in [0.2, 0.25) is 0 Å². The van der Waals surface area contributed by atoms with Crippen molar-refractivity contribution in [2.45, 2.75) is 18.8 Å². The summed E-state index contributed by atoms with van der Waals surface area (Å²) in [7, 11) is 0. The molecule has 4 heteroatoms. The van der Waals surface area contributed by atoms with Crippen LogP contribution in [0.1, 0.15) is 34.0 Å². The Kier molecular flexibility index (Phi) is 3.71. The van der Waals surface area contributed by atoms with E-state index in [0.29, 0.717) is 13.0 Å². The highest BCUT2D eigenvalue weighted by atomic mass is 79.9. The SMILES string of the molecule is O=C(CC1CCOc2ccccc21)c1ccc(Br)s1. The number of thiophene rings is 1. The number of hydrogen-bond donors (Lipinski definition) is 0. The third kappa shape index (κ3) is 2.74. The highest BCUT2D eigenvalue weighted by molar-refractivity contribution is 9.11. The molecule has 1 atom stereocenters. The molecule has 0 N–H and O–H groups in total. The summed E-state index contributed by atoms with van der Waals surface area (Å²) < 4.78 is 6.63. The van der Waals surface area contributed by atoms with E-state index in [0.717, 1.165) is 26.4 Å². The van der Waals surface area contributed by atoms with E-state index >= 15 is 0 Å². The van der Waals surface area contributed by atoms with Crippen molar-refractivity contribution in [2.24, 2.45) is 0 Å². The van der Waals surface area contributed by atoms with Gasteiger partial charge in [-0.05, 0) is 52.0 Å². The minimum atomic E-state index is 0.220. The largest absolute Gasteiger partial charge is 0.493 e. The van der Waals surface area contributed by atoms with E-state index in [1.165, 1.54) is 11.3 Å². The Bertz CT molecular complexity index is 606. The number of rotatable bonds is 3. The third-order valence-corrected chi connectivity index (χ3v) is 5.03. The first kappa shape index (κ1) is 12.9. The molecule has 0 fully saturated rings. The molecule has 98 valence electrons. The summed E-state index contributed by atoms with van der Waals surface area (Å²) in [5, 5.41) is 0. The van der Waals surface area contributed by atoms with Crippen LogP contribution in [-0.2, 0) is 0 Å². The molecule has 1 unspecified atom stereocenters. The fourth-order valence-corrected chi connectivity index (χ4v) is 3.75. The number of ketones is 1. The average Bonchev–Trinajstić information content (AvgIpc) is 2.86. The molecule has 3 rings (SSSR count). The maximum Gasteiger partial charge on any atom is 0.173 e. The van der Waals surface area contributed by atoms with E-state index in [4.69, 9.17) is 4.74 Å². The van der Waals surface area contributed by atoms with Crippen LogP contribution in [0.4, 0.5) is 0 Å². The van der Waals surface area contributed by atoms with Crippen molar-refractivity contribution in [3.05, 3.63) is 50.6 Å². The smallest absolute Gasteiger partial charge is 0.173 e. The average molecular weight is 337 g/mol. The molecule has 0 amide bonds. The van der Waals surface area contributed by atoms with E-state index in [1.807, 2.05) is 30.3 Å². The Hall–Kier alpha value is -1.13. The number of hydrogen-bond acceptors (Lipinski definition) is 3. The molecule has 1 aliphatic rings. The van der Waals surface area contributed by atoms with Crippen LogP contribution in [-0.4, -0.2) is 12.4 Å². The van der Waals surface area contributed by atoms with Crippen molar-refractivity contribution >= 4 is 33.0 Å². The molecule has 0 radical (unpaired) electrons. The number of carbonyl (C=O) groups excluding carboxylic acids is 1. The lowest BCUT2D eigenvalue weighted by molar-refractivity contribution is 0.0970. The van der Waals surface area contributed by atoms with Crippen LogP contribution in [0, 0.1) is 0 Å². The van der Waals surface area contributed by atoms with Gasteiger partial charge in [-0.15, -0.1) is 11.3 Å². The molecule has 2 nitrogen and oxygen atoms in total. The first-order chi connectivity index (χ1) is 9.24. The summed E-state index contributed by atoms with van der Waals surface area (Å²) in [5.74, 6) is 1.43. The second kappa shape index (κ2) is 5.47. The molecule has 0 bridgehead atoms. The quantitative estimate of drug-likeness (QED) is 0.762. The van der Waals surface area contributed by atoms with Crippen LogP contribution in [0.25, 0.3) is 0 Å². The van der Waals surface area contributed by atoms with Gasteiger partial charge in [-0.3, -0.25) is 4.79 Å². The Morgan fingerprint density at radius 3 is 2.95 bits per heavy atom. The maximum atomic E-state index is 12.3. The van der Waals surface area contributed by atoms with E-state index < -0.39 is 0 Å². The minimum Gasteiger partial charge on any atom is -0.493 e. The third-order valence-electron chi connectivity index (χ3n) is 3.36. The number of carbonyl (C=O) groups is 1. The summed E-state index contributed by atoms with van der Waals surface area (Å²) in [4.78, 5) is 13.1. The van der Waals surface area contributed by atoms with E-state index in [-0.39, 0.29) is 11.7 Å². The van der Waals surface area contributed by atoms with Crippen molar-refractivity contribution in [1.82, 2.24) is 0 Å². The number of fused-ring (bicyclic) bond motifs is 1. The van der Waals surface area contributed by atoms with Gasteiger partial charge in [0, 0.05) is 6.42 Å². The Labute approximate surface area is 124 Å². The number of halogens is 1. The molecule has 2 aromatic rings. The van der Waals surface area contributed by atoms with Gasteiger partial charge in [0.2, 0.25) is 0 Å². The van der Waals surface area contributed by atoms with Gasteiger partial charge in [0.15, 0.2) is 5.78 Å². The monoisotopic (exact) mass is 336 g/mol. The minimum absolute atomic E-state index is 0.220. The summed E-state index contributed by atoms with van der Waals surface area (Å²) >= 11 is 4.90. The second-order valence-corrected chi connectivity index (χ2v) is 7.07. The molecular weight excluding hydrogens is 324 g/mol. The molecule has 0 saturated carbocycles. The van der Waals surface area contributed by atoms with E-state index in [9.17, 15) is 4.79 Å². The molecule has 0 aliphatic carbocycles. The zero-order chi connectivity index (χ0) is 13.2. The highest BCUT2D eigenvalue weighted by Crippen LogP contribution is 2.36. The summed E-state index contributed by atoms with van der Waals surface area (Å²) in [6.45, 7) is 0.698. The van der Waals surface area contributed by atoms with Gasteiger partial charge in [-0.25, -0.2) is 0 Å². The fourth-order valence-electron chi connectivity index (χ4n) is 2.42. The Morgan fingerprint density at radius 1 is 1.32 bits per heavy atom. The topological polar surface area (TPSA) is 26.3 Å². The molecule has 1 aromatic heterocycles. The van der Waals surface area contributed by atoms with Crippen LogP contribution >= 0.6 is 27.3 Å². The molecule has 0 saturated heterocycles. The predicted octanol–water partition coefficient (Wildman–Crippen LogP) is 4.65. The first-order valence-corrected chi connectivity index (χ1v) is 7.85. The fraction of sp³-hybridized carbons (Fsp3) is 0.267. The first-order valence-electron chi connectivity index (χ1n) is 6.24. The standard InChI is InChI=1S/C15H13BrO2S/c16-15-6-5-14(19-15)12(17)9-10-7-8-18-13-4-2-1-3-11(10)13/h1-6,10H,7-9H2.